The van der Waals surface area contributed by atoms with Crippen LogP contribution in [0.25, 0.3) is 0 Å². The number of esters is 1. The number of rotatable bonds is 4. The third-order valence-corrected chi connectivity index (χ3v) is 3.41. The van der Waals surface area contributed by atoms with Crippen molar-refractivity contribution in [3.63, 3.8) is 0 Å². The van der Waals surface area contributed by atoms with Gasteiger partial charge in [-0.05, 0) is 38.5 Å². The SMILES string of the molecule is COC(=O)C(C)(C)NC(C)c1ccc2c(c1)NC(=O)CO2. The van der Waals surface area contributed by atoms with Crippen LogP contribution >= 0.6 is 0 Å². The van der Waals surface area contributed by atoms with Gasteiger partial charge >= 0.3 is 5.97 Å². The van der Waals surface area contributed by atoms with Crippen molar-refractivity contribution in [3.05, 3.63) is 23.8 Å². The summed E-state index contributed by atoms with van der Waals surface area (Å²) in [7, 11) is 1.36. The molecule has 1 aromatic carbocycles. The molecule has 0 aliphatic carbocycles. The Morgan fingerprint density at radius 3 is 2.86 bits per heavy atom. The highest BCUT2D eigenvalue weighted by atomic mass is 16.5. The predicted octanol–water partition coefficient (Wildman–Crippen LogP) is 1.62. The molecule has 21 heavy (non-hydrogen) atoms. The van der Waals surface area contributed by atoms with Gasteiger partial charge in [-0.1, -0.05) is 6.07 Å². The maximum atomic E-state index is 11.7. The predicted molar refractivity (Wildman–Crippen MR) is 78.2 cm³/mol. The van der Waals surface area contributed by atoms with Crippen LogP contribution in [0.5, 0.6) is 5.75 Å². The quantitative estimate of drug-likeness (QED) is 0.825. The molecule has 0 radical (unpaired) electrons. The Morgan fingerprint density at radius 2 is 2.19 bits per heavy atom. The van der Waals surface area contributed by atoms with Gasteiger partial charge in [-0.3, -0.25) is 14.9 Å². The molecule has 114 valence electrons. The Bertz CT molecular complexity index is 569. The monoisotopic (exact) mass is 292 g/mol. The smallest absolute Gasteiger partial charge is 0.325 e. The number of nitrogens with one attached hydrogen (secondary N) is 2. The molecular weight excluding hydrogens is 272 g/mol. The van der Waals surface area contributed by atoms with Crippen molar-refractivity contribution in [3.8, 4) is 5.75 Å². The maximum Gasteiger partial charge on any atom is 0.325 e. The number of carbonyl (C=O) groups is 2. The van der Waals surface area contributed by atoms with Crippen LogP contribution in [0.2, 0.25) is 0 Å². The van der Waals surface area contributed by atoms with Gasteiger partial charge in [0.25, 0.3) is 5.91 Å². The highest BCUT2D eigenvalue weighted by Crippen LogP contribution is 2.31. The van der Waals surface area contributed by atoms with Crippen LogP contribution in [0, 0.1) is 0 Å². The van der Waals surface area contributed by atoms with Gasteiger partial charge < -0.3 is 14.8 Å². The molecule has 0 fully saturated rings. The van der Waals surface area contributed by atoms with Crippen LogP contribution in [0.3, 0.4) is 0 Å². The van der Waals surface area contributed by atoms with E-state index in [9.17, 15) is 9.59 Å². The van der Waals surface area contributed by atoms with Crippen molar-refractivity contribution in [2.75, 3.05) is 19.0 Å². The third-order valence-electron chi connectivity index (χ3n) is 3.41. The molecule has 0 aromatic heterocycles. The Kier molecular flexibility index (Phi) is 4.18. The standard InChI is InChI=1S/C15H20N2O4/c1-9(17-15(2,3)14(19)20-4)10-5-6-12-11(7-10)16-13(18)8-21-12/h5-7,9,17H,8H2,1-4H3,(H,16,18). The molecule has 1 heterocycles. The number of hydrogen-bond donors (Lipinski definition) is 2. The van der Waals surface area contributed by atoms with E-state index in [1.165, 1.54) is 7.11 Å². The summed E-state index contributed by atoms with van der Waals surface area (Å²) >= 11 is 0. The van der Waals surface area contributed by atoms with Crippen molar-refractivity contribution in [2.24, 2.45) is 0 Å². The van der Waals surface area contributed by atoms with Gasteiger partial charge in [0.1, 0.15) is 11.3 Å². The number of fused-ring (bicyclic) bond motifs is 1. The molecule has 6 heteroatoms. The largest absolute Gasteiger partial charge is 0.482 e. The summed E-state index contributed by atoms with van der Waals surface area (Å²) in [5.74, 6) is 0.150. The lowest BCUT2D eigenvalue weighted by Crippen LogP contribution is -2.48. The molecule has 0 bridgehead atoms. The molecule has 2 N–H and O–H groups in total. The van der Waals surface area contributed by atoms with Crippen molar-refractivity contribution in [1.29, 1.82) is 0 Å². The van der Waals surface area contributed by atoms with E-state index < -0.39 is 5.54 Å². The van der Waals surface area contributed by atoms with Gasteiger partial charge in [-0.15, -0.1) is 0 Å². The van der Waals surface area contributed by atoms with Gasteiger partial charge in [0.05, 0.1) is 12.8 Å². The first kappa shape index (κ1) is 15.3. The van der Waals surface area contributed by atoms with E-state index in [0.717, 1.165) is 5.56 Å². The lowest BCUT2D eigenvalue weighted by Gasteiger charge is -2.28. The number of anilines is 1. The van der Waals surface area contributed by atoms with Crippen molar-refractivity contribution < 1.29 is 19.1 Å². The van der Waals surface area contributed by atoms with Crippen molar-refractivity contribution in [1.82, 2.24) is 5.32 Å². The van der Waals surface area contributed by atoms with Gasteiger partial charge in [-0.2, -0.15) is 0 Å². The average Bonchev–Trinajstić information content (AvgIpc) is 2.44. The van der Waals surface area contributed by atoms with Crippen LogP contribution < -0.4 is 15.4 Å². The van der Waals surface area contributed by atoms with E-state index in [1.807, 2.05) is 25.1 Å². The molecule has 1 atom stereocenters. The zero-order valence-electron chi connectivity index (χ0n) is 12.6. The Morgan fingerprint density at radius 1 is 1.48 bits per heavy atom. The highest BCUT2D eigenvalue weighted by molar-refractivity contribution is 5.95. The minimum Gasteiger partial charge on any atom is -0.482 e. The second-order valence-electron chi connectivity index (χ2n) is 5.58. The molecule has 0 spiro atoms. The van der Waals surface area contributed by atoms with E-state index in [-0.39, 0.29) is 24.5 Å². The molecular formula is C15H20N2O4. The molecule has 1 aliphatic heterocycles. The summed E-state index contributed by atoms with van der Waals surface area (Å²) in [4.78, 5) is 23.1. The number of ether oxygens (including phenoxy) is 2. The normalized spacial score (nSPS) is 15.5. The van der Waals surface area contributed by atoms with E-state index >= 15 is 0 Å². The van der Waals surface area contributed by atoms with Crippen molar-refractivity contribution in [2.45, 2.75) is 32.4 Å². The van der Waals surface area contributed by atoms with E-state index in [1.54, 1.807) is 13.8 Å². The van der Waals surface area contributed by atoms with Crippen LogP contribution in [0.1, 0.15) is 32.4 Å². The number of methoxy groups -OCH3 is 1. The maximum absolute atomic E-state index is 11.7. The highest BCUT2D eigenvalue weighted by Gasteiger charge is 2.30. The van der Waals surface area contributed by atoms with Crippen molar-refractivity contribution >= 4 is 17.6 Å². The summed E-state index contributed by atoms with van der Waals surface area (Å²) in [5, 5.41) is 5.98. The summed E-state index contributed by atoms with van der Waals surface area (Å²) in [6.07, 6.45) is 0. The van der Waals surface area contributed by atoms with E-state index in [2.05, 4.69) is 10.6 Å². The summed E-state index contributed by atoms with van der Waals surface area (Å²) < 4.78 is 10.1. The fraction of sp³-hybridized carbons (Fsp3) is 0.467. The minimum atomic E-state index is -0.802. The molecule has 0 saturated carbocycles. The van der Waals surface area contributed by atoms with Crippen LogP contribution in [-0.4, -0.2) is 31.1 Å². The number of carbonyl (C=O) groups excluding carboxylic acids is 2. The second kappa shape index (κ2) is 5.73. The molecule has 1 aliphatic rings. The third kappa shape index (κ3) is 3.33. The number of amides is 1. The lowest BCUT2D eigenvalue weighted by atomic mass is 10.0. The first-order chi connectivity index (χ1) is 9.83. The minimum absolute atomic E-state index is 0.0372. The van der Waals surface area contributed by atoms with Gasteiger partial charge in [-0.25, -0.2) is 0 Å². The first-order valence-electron chi connectivity index (χ1n) is 6.76. The average molecular weight is 292 g/mol. The van der Waals surface area contributed by atoms with Crippen LogP contribution in [-0.2, 0) is 14.3 Å². The summed E-state index contributed by atoms with van der Waals surface area (Å²) in [6.45, 7) is 5.50. The lowest BCUT2D eigenvalue weighted by molar-refractivity contribution is -0.147. The first-order valence-corrected chi connectivity index (χ1v) is 6.76. The van der Waals surface area contributed by atoms with E-state index in [0.29, 0.717) is 11.4 Å². The van der Waals surface area contributed by atoms with Gasteiger partial charge in [0.2, 0.25) is 0 Å². The van der Waals surface area contributed by atoms with Gasteiger partial charge in [0, 0.05) is 6.04 Å². The number of hydrogen-bond acceptors (Lipinski definition) is 5. The van der Waals surface area contributed by atoms with Crippen LogP contribution in [0.15, 0.2) is 18.2 Å². The zero-order valence-corrected chi connectivity index (χ0v) is 12.6. The molecule has 1 amide bonds. The zero-order chi connectivity index (χ0) is 15.6. The molecule has 6 nitrogen and oxygen atoms in total. The molecule has 1 unspecified atom stereocenters. The topological polar surface area (TPSA) is 76.7 Å². The fourth-order valence-electron chi connectivity index (χ4n) is 2.31. The van der Waals surface area contributed by atoms with E-state index in [4.69, 9.17) is 9.47 Å². The Hall–Kier alpha value is -2.08. The van der Waals surface area contributed by atoms with Crippen LogP contribution in [0.4, 0.5) is 5.69 Å². The molecule has 1 aromatic rings. The second-order valence-corrected chi connectivity index (χ2v) is 5.58. The molecule has 0 saturated heterocycles. The Labute approximate surface area is 123 Å². The Balaban J connectivity index is 2.17. The summed E-state index contributed by atoms with van der Waals surface area (Å²) in [5.41, 5.74) is 0.786. The summed E-state index contributed by atoms with van der Waals surface area (Å²) in [6, 6.07) is 5.47. The van der Waals surface area contributed by atoms with Gasteiger partial charge in [0.15, 0.2) is 6.61 Å². The molecule has 2 rings (SSSR count). The number of benzene rings is 1. The fourth-order valence-corrected chi connectivity index (χ4v) is 2.31.